The van der Waals surface area contributed by atoms with Gasteiger partial charge < -0.3 is 5.32 Å². The standard InChI is InChI=1S/C21H24F3N3O3S/c1-15-3-6-18(13-16(15)2)25-20(28)14-26-9-11-27(12-10-26)31(29,30)19-7-4-17(5-8-19)21(22,23)24/h3-8,13H,9-12,14H2,1-2H3,(H,25,28). The van der Waals surface area contributed by atoms with Crippen LogP contribution in [0.1, 0.15) is 16.7 Å². The highest BCUT2D eigenvalue weighted by Gasteiger charge is 2.32. The maximum Gasteiger partial charge on any atom is 0.416 e. The third-order valence-corrected chi connectivity index (χ3v) is 7.22. The molecule has 1 aliphatic rings. The van der Waals surface area contributed by atoms with Gasteiger partial charge in [0.1, 0.15) is 0 Å². The van der Waals surface area contributed by atoms with Crippen LogP contribution >= 0.6 is 0 Å². The lowest BCUT2D eigenvalue weighted by Crippen LogP contribution is -2.50. The van der Waals surface area contributed by atoms with E-state index in [1.807, 2.05) is 36.9 Å². The van der Waals surface area contributed by atoms with Crippen molar-refractivity contribution in [3.63, 3.8) is 0 Å². The van der Waals surface area contributed by atoms with E-state index in [0.29, 0.717) is 18.8 Å². The molecule has 0 radical (unpaired) electrons. The van der Waals surface area contributed by atoms with Gasteiger partial charge in [-0.15, -0.1) is 0 Å². The Balaban J connectivity index is 1.55. The van der Waals surface area contributed by atoms with Gasteiger partial charge in [0.05, 0.1) is 17.0 Å². The smallest absolute Gasteiger partial charge is 0.325 e. The minimum atomic E-state index is -4.52. The first-order valence-electron chi connectivity index (χ1n) is 9.74. The van der Waals surface area contributed by atoms with Gasteiger partial charge in [0.25, 0.3) is 0 Å². The van der Waals surface area contributed by atoms with Crippen molar-refractivity contribution < 1.29 is 26.4 Å². The van der Waals surface area contributed by atoms with Crippen molar-refractivity contribution in [2.75, 3.05) is 38.0 Å². The van der Waals surface area contributed by atoms with E-state index in [1.165, 1.54) is 4.31 Å². The number of sulfonamides is 1. The van der Waals surface area contributed by atoms with Crippen molar-refractivity contribution in [2.24, 2.45) is 0 Å². The van der Waals surface area contributed by atoms with Gasteiger partial charge in [-0.1, -0.05) is 6.07 Å². The molecule has 2 aromatic carbocycles. The third kappa shape index (κ3) is 5.63. The number of aryl methyl sites for hydroxylation is 2. The van der Waals surface area contributed by atoms with Crippen LogP contribution < -0.4 is 5.32 Å². The van der Waals surface area contributed by atoms with Gasteiger partial charge in [-0.3, -0.25) is 9.69 Å². The summed E-state index contributed by atoms with van der Waals surface area (Å²) in [5.74, 6) is -0.192. The molecule has 1 fully saturated rings. The molecule has 2 aromatic rings. The summed E-state index contributed by atoms with van der Waals surface area (Å²) >= 11 is 0. The average molecular weight is 456 g/mol. The first-order chi connectivity index (χ1) is 14.5. The Kier molecular flexibility index (Phi) is 6.73. The van der Waals surface area contributed by atoms with Crippen molar-refractivity contribution in [2.45, 2.75) is 24.9 Å². The van der Waals surface area contributed by atoms with Crippen molar-refractivity contribution in [3.8, 4) is 0 Å². The first kappa shape index (κ1) is 23.2. The predicted molar refractivity (Wildman–Crippen MR) is 111 cm³/mol. The van der Waals surface area contributed by atoms with Gasteiger partial charge >= 0.3 is 6.18 Å². The predicted octanol–water partition coefficient (Wildman–Crippen LogP) is 3.27. The zero-order valence-corrected chi connectivity index (χ0v) is 18.1. The molecular formula is C21H24F3N3O3S. The second-order valence-electron chi connectivity index (χ2n) is 7.55. The molecule has 1 heterocycles. The SMILES string of the molecule is Cc1ccc(NC(=O)CN2CCN(S(=O)(=O)c3ccc(C(F)(F)F)cc3)CC2)cc1C. The maximum absolute atomic E-state index is 12.7. The Labute approximate surface area is 179 Å². The molecule has 0 atom stereocenters. The van der Waals surface area contributed by atoms with E-state index in [2.05, 4.69) is 5.32 Å². The van der Waals surface area contributed by atoms with Crippen molar-refractivity contribution >= 4 is 21.6 Å². The van der Waals surface area contributed by atoms with E-state index in [-0.39, 0.29) is 30.4 Å². The molecule has 1 saturated heterocycles. The largest absolute Gasteiger partial charge is 0.416 e. The van der Waals surface area contributed by atoms with Crippen LogP contribution in [0.2, 0.25) is 0 Å². The van der Waals surface area contributed by atoms with Gasteiger partial charge in [-0.2, -0.15) is 17.5 Å². The highest BCUT2D eigenvalue weighted by Crippen LogP contribution is 2.30. The second kappa shape index (κ2) is 8.97. The van der Waals surface area contributed by atoms with E-state index >= 15 is 0 Å². The number of alkyl halides is 3. The quantitative estimate of drug-likeness (QED) is 0.752. The van der Waals surface area contributed by atoms with Crippen LogP contribution in [0.4, 0.5) is 18.9 Å². The van der Waals surface area contributed by atoms with E-state index in [0.717, 1.165) is 35.4 Å². The molecule has 3 rings (SSSR count). The topological polar surface area (TPSA) is 69.7 Å². The van der Waals surface area contributed by atoms with E-state index in [9.17, 15) is 26.4 Å². The van der Waals surface area contributed by atoms with E-state index in [1.54, 1.807) is 0 Å². The number of carbonyl (C=O) groups excluding carboxylic acids is 1. The Morgan fingerprint density at radius 1 is 0.968 bits per heavy atom. The summed E-state index contributed by atoms with van der Waals surface area (Å²) in [6.45, 7) is 5.07. The maximum atomic E-state index is 12.7. The molecule has 10 heteroatoms. The Morgan fingerprint density at radius 3 is 2.13 bits per heavy atom. The fourth-order valence-corrected chi connectivity index (χ4v) is 4.74. The van der Waals surface area contributed by atoms with Gasteiger partial charge in [0.2, 0.25) is 15.9 Å². The molecule has 0 saturated carbocycles. The number of hydrogen-bond donors (Lipinski definition) is 1. The van der Waals surface area contributed by atoms with E-state index < -0.39 is 21.8 Å². The first-order valence-corrected chi connectivity index (χ1v) is 11.2. The highest BCUT2D eigenvalue weighted by atomic mass is 32.2. The van der Waals surface area contributed by atoms with Crippen molar-refractivity contribution in [1.82, 2.24) is 9.21 Å². The number of amides is 1. The summed E-state index contributed by atoms with van der Waals surface area (Å²) < 4.78 is 64.8. The van der Waals surface area contributed by atoms with E-state index in [4.69, 9.17) is 0 Å². The van der Waals surface area contributed by atoms with Crippen molar-refractivity contribution in [1.29, 1.82) is 0 Å². The number of nitrogens with one attached hydrogen (secondary N) is 1. The molecule has 6 nitrogen and oxygen atoms in total. The molecule has 0 aliphatic carbocycles. The number of carbonyl (C=O) groups is 1. The Bertz CT molecular complexity index is 1050. The normalized spacial score (nSPS) is 16.3. The van der Waals surface area contributed by atoms with Crippen LogP contribution in [0, 0.1) is 13.8 Å². The fourth-order valence-electron chi connectivity index (χ4n) is 3.32. The minimum absolute atomic E-state index is 0.126. The second-order valence-corrected chi connectivity index (χ2v) is 9.49. The molecule has 31 heavy (non-hydrogen) atoms. The molecule has 0 bridgehead atoms. The molecule has 1 aliphatic heterocycles. The molecule has 1 amide bonds. The average Bonchev–Trinajstić information content (AvgIpc) is 2.70. The zero-order valence-electron chi connectivity index (χ0n) is 17.2. The monoisotopic (exact) mass is 455 g/mol. The lowest BCUT2D eigenvalue weighted by Gasteiger charge is -2.33. The number of hydrogen-bond acceptors (Lipinski definition) is 4. The minimum Gasteiger partial charge on any atom is -0.325 e. The van der Waals surface area contributed by atoms with Crippen LogP contribution in [0.25, 0.3) is 0 Å². The number of rotatable bonds is 5. The number of anilines is 1. The summed E-state index contributed by atoms with van der Waals surface area (Å²) in [5, 5.41) is 2.84. The molecule has 0 aromatic heterocycles. The molecule has 0 spiro atoms. The summed E-state index contributed by atoms with van der Waals surface area (Å²) in [6.07, 6.45) is -4.52. The summed E-state index contributed by atoms with van der Waals surface area (Å²) in [6, 6.07) is 9.12. The van der Waals surface area contributed by atoms with Crippen LogP contribution in [0.3, 0.4) is 0 Å². The number of halogens is 3. The van der Waals surface area contributed by atoms with Gasteiger partial charge in [-0.05, 0) is 61.4 Å². The van der Waals surface area contributed by atoms with Crippen LogP contribution in [0.5, 0.6) is 0 Å². The van der Waals surface area contributed by atoms with Crippen molar-refractivity contribution in [3.05, 3.63) is 59.2 Å². The Hall–Kier alpha value is -2.43. The zero-order chi connectivity index (χ0) is 22.8. The number of piperazine rings is 1. The van der Waals surface area contributed by atoms with Gasteiger partial charge in [-0.25, -0.2) is 8.42 Å². The molecule has 1 N–H and O–H groups in total. The lowest BCUT2D eigenvalue weighted by atomic mass is 10.1. The Morgan fingerprint density at radius 2 is 1.58 bits per heavy atom. The fraction of sp³-hybridized carbons (Fsp3) is 0.381. The van der Waals surface area contributed by atoms with Gasteiger partial charge in [0.15, 0.2) is 0 Å². The van der Waals surface area contributed by atoms with Gasteiger partial charge in [0, 0.05) is 31.9 Å². The summed E-state index contributed by atoms with van der Waals surface area (Å²) in [4.78, 5) is 14.0. The summed E-state index contributed by atoms with van der Waals surface area (Å²) in [7, 11) is -3.89. The highest BCUT2D eigenvalue weighted by molar-refractivity contribution is 7.89. The van der Waals surface area contributed by atoms with Crippen LogP contribution in [0.15, 0.2) is 47.4 Å². The summed E-state index contributed by atoms with van der Waals surface area (Å²) in [5.41, 5.74) is 2.01. The number of benzene rings is 2. The number of nitrogens with zero attached hydrogens (tertiary/aromatic N) is 2. The molecule has 168 valence electrons. The third-order valence-electron chi connectivity index (χ3n) is 5.31. The van der Waals surface area contributed by atoms with Crippen LogP contribution in [-0.4, -0.2) is 56.3 Å². The molecule has 0 unspecified atom stereocenters. The molecular weight excluding hydrogens is 431 g/mol. The van der Waals surface area contributed by atoms with Crippen LogP contribution in [-0.2, 0) is 21.0 Å². The lowest BCUT2D eigenvalue weighted by molar-refractivity contribution is -0.137.